The molecule has 0 N–H and O–H groups in total. The Morgan fingerprint density at radius 2 is 2.06 bits per heavy atom. The Bertz CT molecular complexity index is 1240. The van der Waals surface area contributed by atoms with E-state index in [1.54, 1.807) is 47.7 Å². The maximum absolute atomic E-state index is 13.5. The Morgan fingerprint density at radius 3 is 2.80 bits per heavy atom. The van der Waals surface area contributed by atoms with Gasteiger partial charge in [-0.15, -0.1) is 17.9 Å². The predicted octanol–water partition coefficient (Wildman–Crippen LogP) is 6.20. The quantitative estimate of drug-likeness (QED) is 0.327. The number of hydrogen-bond donors (Lipinski definition) is 0. The lowest BCUT2D eigenvalue weighted by atomic mass is 10.0. The minimum atomic E-state index is -0.265. The highest BCUT2D eigenvalue weighted by molar-refractivity contribution is 7.10. The fourth-order valence-electron chi connectivity index (χ4n) is 4.19. The number of halogens is 2. The van der Waals surface area contributed by atoms with E-state index in [1.165, 1.54) is 9.78 Å². The number of rotatable bonds is 8. The van der Waals surface area contributed by atoms with E-state index in [4.69, 9.17) is 27.9 Å². The summed E-state index contributed by atoms with van der Waals surface area (Å²) in [4.78, 5) is 31.2. The Labute approximate surface area is 219 Å². The van der Waals surface area contributed by atoms with Gasteiger partial charge < -0.3 is 14.5 Å². The molecule has 1 aliphatic rings. The molecule has 0 saturated carbocycles. The zero-order valence-corrected chi connectivity index (χ0v) is 21.7. The smallest absolute Gasteiger partial charge is 0.254 e. The van der Waals surface area contributed by atoms with Crippen LogP contribution in [0.25, 0.3) is 0 Å². The van der Waals surface area contributed by atoms with E-state index < -0.39 is 0 Å². The van der Waals surface area contributed by atoms with Crippen LogP contribution in [-0.2, 0) is 11.2 Å². The zero-order valence-electron chi connectivity index (χ0n) is 19.4. The maximum atomic E-state index is 13.5. The number of carbonyl (C=O) groups excluding carboxylic acids is 2. The summed E-state index contributed by atoms with van der Waals surface area (Å²) in [5.41, 5.74) is 2.46. The maximum Gasteiger partial charge on any atom is 0.254 e. The number of hydrogen-bond acceptors (Lipinski definition) is 4. The number of thiophene rings is 1. The van der Waals surface area contributed by atoms with Gasteiger partial charge in [-0.3, -0.25) is 9.59 Å². The molecule has 0 unspecified atom stereocenters. The third kappa shape index (κ3) is 5.89. The SMILES string of the molecule is C=CCN(CC(=O)N1CCc2sccc2[C@@H]1COc1ccc(Cl)c(C)c1)C(=O)c1cccc(Cl)c1. The first-order valence-corrected chi connectivity index (χ1v) is 12.9. The molecule has 3 aromatic rings. The second-order valence-corrected chi connectivity index (χ2v) is 10.2. The third-order valence-corrected chi connectivity index (χ3v) is 7.64. The van der Waals surface area contributed by atoms with Crippen molar-refractivity contribution in [3.63, 3.8) is 0 Å². The van der Waals surface area contributed by atoms with Crippen molar-refractivity contribution in [3.8, 4) is 5.75 Å². The van der Waals surface area contributed by atoms with Gasteiger partial charge in [0.2, 0.25) is 5.91 Å². The fourth-order valence-corrected chi connectivity index (χ4v) is 5.43. The number of aryl methyl sites for hydroxylation is 1. The van der Waals surface area contributed by atoms with E-state index in [0.717, 1.165) is 17.5 Å². The second kappa shape index (κ2) is 11.3. The summed E-state index contributed by atoms with van der Waals surface area (Å²) in [6.07, 6.45) is 2.39. The zero-order chi connectivity index (χ0) is 24.9. The van der Waals surface area contributed by atoms with Gasteiger partial charge in [0.25, 0.3) is 5.91 Å². The van der Waals surface area contributed by atoms with Crippen LogP contribution in [0, 0.1) is 6.92 Å². The Kier molecular flexibility index (Phi) is 8.16. The minimum Gasteiger partial charge on any atom is -0.491 e. The highest BCUT2D eigenvalue weighted by Crippen LogP contribution is 2.34. The molecule has 1 aromatic heterocycles. The minimum absolute atomic E-state index is 0.0621. The fraction of sp³-hybridized carbons (Fsp3) is 0.259. The Morgan fingerprint density at radius 1 is 1.23 bits per heavy atom. The van der Waals surface area contributed by atoms with Crippen LogP contribution in [0.4, 0.5) is 0 Å². The standard InChI is InChI=1S/C27H26Cl2N2O3S/c1-3-11-30(27(33)19-5-4-6-20(28)15-19)16-26(32)31-12-9-25-22(10-13-35-25)24(31)17-34-21-7-8-23(29)18(2)14-21/h3-8,10,13-15,24H,1,9,11-12,16-17H2,2H3/t24-/m0/s1. The Hall–Kier alpha value is -2.80. The van der Waals surface area contributed by atoms with Crippen molar-refractivity contribution in [2.45, 2.75) is 19.4 Å². The average Bonchev–Trinajstić information content (AvgIpc) is 3.33. The van der Waals surface area contributed by atoms with Crippen LogP contribution in [0.3, 0.4) is 0 Å². The lowest BCUT2D eigenvalue weighted by Crippen LogP contribution is -2.47. The monoisotopic (exact) mass is 528 g/mol. The molecule has 0 fully saturated rings. The lowest BCUT2D eigenvalue weighted by Gasteiger charge is -2.37. The van der Waals surface area contributed by atoms with Gasteiger partial charge in [-0.2, -0.15) is 0 Å². The summed E-state index contributed by atoms with van der Waals surface area (Å²) >= 11 is 13.9. The number of carbonyl (C=O) groups is 2. The van der Waals surface area contributed by atoms with Crippen molar-refractivity contribution in [2.24, 2.45) is 0 Å². The van der Waals surface area contributed by atoms with Gasteiger partial charge in [-0.25, -0.2) is 0 Å². The first-order valence-electron chi connectivity index (χ1n) is 11.3. The molecule has 1 atom stereocenters. The molecule has 0 radical (unpaired) electrons. The van der Waals surface area contributed by atoms with Gasteiger partial charge in [0.05, 0.1) is 6.04 Å². The van der Waals surface area contributed by atoms with Crippen LogP contribution in [0.1, 0.15) is 32.4 Å². The van der Waals surface area contributed by atoms with Gasteiger partial charge in [-0.1, -0.05) is 35.3 Å². The summed E-state index contributed by atoms with van der Waals surface area (Å²) < 4.78 is 6.11. The number of fused-ring (bicyclic) bond motifs is 1. The van der Waals surface area contributed by atoms with Crippen molar-refractivity contribution in [1.82, 2.24) is 9.80 Å². The normalized spacial score (nSPS) is 14.8. The molecule has 0 saturated heterocycles. The Balaban J connectivity index is 1.53. The highest BCUT2D eigenvalue weighted by Gasteiger charge is 2.33. The summed E-state index contributed by atoms with van der Waals surface area (Å²) in [6.45, 7) is 6.74. The molecule has 2 aromatic carbocycles. The topological polar surface area (TPSA) is 49.9 Å². The van der Waals surface area contributed by atoms with Crippen molar-refractivity contribution < 1.29 is 14.3 Å². The summed E-state index contributed by atoms with van der Waals surface area (Å²) in [7, 11) is 0. The van der Waals surface area contributed by atoms with Crippen molar-refractivity contribution in [3.05, 3.63) is 98.2 Å². The molecule has 182 valence electrons. The van der Waals surface area contributed by atoms with E-state index in [1.807, 2.05) is 29.3 Å². The molecule has 1 aliphatic heterocycles. The molecule has 0 aliphatic carbocycles. The molecule has 2 amide bonds. The van der Waals surface area contributed by atoms with E-state index in [-0.39, 0.29) is 30.9 Å². The van der Waals surface area contributed by atoms with Crippen molar-refractivity contribution >= 4 is 46.4 Å². The largest absolute Gasteiger partial charge is 0.491 e. The number of nitrogens with zero attached hydrogens (tertiary/aromatic N) is 2. The van der Waals surface area contributed by atoms with Gasteiger partial charge in [0, 0.05) is 33.6 Å². The highest BCUT2D eigenvalue weighted by atomic mass is 35.5. The van der Waals surface area contributed by atoms with Crippen LogP contribution in [0.2, 0.25) is 10.0 Å². The van der Waals surface area contributed by atoms with Crippen LogP contribution >= 0.6 is 34.5 Å². The summed E-state index contributed by atoms with van der Waals surface area (Å²) in [5, 5.41) is 3.19. The van der Waals surface area contributed by atoms with Gasteiger partial charge in [0.1, 0.15) is 18.9 Å². The van der Waals surface area contributed by atoms with E-state index in [9.17, 15) is 9.59 Å². The van der Waals surface area contributed by atoms with Crippen LogP contribution in [-0.4, -0.2) is 47.9 Å². The molecular weight excluding hydrogens is 503 g/mol. The number of benzene rings is 2. The second-order valence-electron chi connectivity index (χ2n) is 8.36. The van der Waals surface area contributed by atoms with Crippen molar-refractivity contribution in [1.29, 1.82) is 0 Å². The van der Waals surface area contributed by atoms with Crippen LogP contribution < -0.4 is 4.74 Å². The molecule has 0 spiro atoms. The van der Waals surface area contributed by atoms with Crippen LogP contribution in [0.5, 0.6) is 5.75 Å². The van der Waals surface area contributed by atoms with Crippen molar-refractivity contribution in [2.75, 3.05) is 26.2 Å². The molecular formula is C27H26Cl2N2O3S. The van der Waals surface area contributed by atoms with Crippen LogP contribution in [0.15, 0.2) is 66.6 Å². The van der Waals surface area contributed by atoms with E-state index >= 15 is 0 Å². The van der Waals surface area contributed by atoms with E-state index in [0.29, 0.717) is 34.5 Å². The number of amides is 2. The first kappa shape index (κ1) is 25.3. The molecule has 2 heterocycles. The van der Waals surface area contributed by atoms with Gasteiger partial charge >= 0.3 is 0 Å². The van der Waals surface area contributed by atoms with Gasteiger partial charge in [-0.05, 0) is 72.3 Å². The average molecular weight is 529 g/mol. The predicted molar refractivity (Wildman–Crippen MR) is 142 cm³/mol. The van der Waals surface area contributed by atoms with E-state index in [2.05, 4.69) is 12.6 Å². The molecule has 5 nitrogen and oxygen atoms in total. The molecule has 35 heavy (non-hydrogen) atoms. The third-order valence-electron chi connectivity index (χ3n) is 5.99. The number of ether oxygens (including phenoxy) is 1. The molecule has 8 heteroatoms. The summed E-state index contributed by atoms with van der Waals surface area (Å²) in [5.74, 6) is 0.296. The lowest BCUT2D eigenvalue weighted by molar-refractivity contribution is -0.135. The first-order chi connectivity index (χ1) is 16.9. The van der Waals surface area contributed by atoms with Gasteiger partial charge in [0.15, 0.2) is 0 Å². The molecule has 4 rings (SSSR count). The molecule has 0 bridgehead atoms. The summed E-state index contributed by atoms with van der Waals surface area (Å²) in [6, 6.07) is 14.1.